The molecule has 1 heterocycles. The molecule has 0 radical (unpaired) electrons. The van der Waals surface area contributed by atoms with Gasteiger partial charge < -0.3 is 5.32 Å². The summed E-state index contributed by atoms with van der Waals surface area (Å²) in [6.45, 7) is 2.52. The van der Waals surface area contributed by atoms with E-state index in [0.29, 0.717) is 11.0 Å². The molecule has 2 aromatic rings. The van der Waals surface area contributed by atoms with Crippen molar-refractivity contribution in [3.63, 3.8) is 0 Å². The minimum atomic E-state index is -0.559. The van der Waals surface area contributed by atoms with Gasteiger partial charge in [0.15, 0.2) is 0 Å². The maximum atomic E-state index is 14.1. The van der Waals surface area contributed by atoms with Crippen molar-refractivity contribution >= 4 is 43.2 Å². The minimum absolute atomic E-state index is 0.0455. The van der Waals surface area contributed by atoms with Gasteiger partial charge in [-0.15, -0.1) is 0 Å². The van der Waals surface area contributed by atoms with Gasteiger partial charge in [-0.3, -0.25) is 0 Å². The summed E-state index contributed by atoms with van der Waals surface area (Å²) in [6.07, 6.45) is 0. The Bertz CT molecular complexity index is 563. The van der Waals surface area contributed by atoms with Gasteiger partial charge >= 0.3 is 0 Å². The smallest absolute Gasteiger partial charge is 0.132 e. The Morgan fingerprint density at radius 3 is 2.32 bits per heavy atom. The van der Waals surface area contributed by atoms with E-state index in [1.54, 1.807) is 0 Å². The van der Waals surface area contributed by atoms with Crippen LogP contribution in [0.1, 0.15) is 24.1 Å². The van der Waals surface area contributed by atoms with Crippen LogP contribution < -0.4 is 5.32 Å². The number of hydrogen-bond acceptors (Lipinski definition) is 2. The third-order valence-electron chi connectivity index (χ3n) is 2.69. The predicted octanol–water partition coefficient (Wildman–Crippen LogP) is 5.25. The molecule has 0 spiro atoms. The maximum Gasteiger partial charge on any atom is 0.132 e. The van der Waals surface area contributed by atoms with Gasteiger partial charge in [0.1, 0.15) is 11.6 Å². The number of rotatable bonds is 4. The Morgan fingerprint density at radius 1 is 1.21 bits per heavy atom. The Labute approximate surface area is 131 Å². The molecule has 0 fully saturated rings. The highest BCUT2D eigenvalue weighted by molar-refractivity contribution is 9.10. The molecule has 0 aliphatic rings. The fraction of sp³-hybridized carbons (Fsp3) is 0.231. The van der Waals surface area contributed by atoms with Crippen molar-refractivity contribution < 1.29 is 8.78 Å². The van der Waals surface area contributed by atoms with E-state index in [9.17, 15) is 8.78 Å². The highest BCUT2D eigenvalue weighted by atomic mass is 79.9. The van der Waals surface area contributed by atoms with Crippen LogP contribution in [-0.4, -0.2) is 6.54 Å². The lowest BCUT2D eigenvalue weighted by Gasteiger charge is -2.19. The van der Waals surface area contributed by atoms with E-state index in [4.69, 9.17) is 0 Å². The number of halogens is 4. The maximum absolute atomic E-state index is 14.1. The Kier molecular flexibility index (Phi) is 5.11. The highest BCUT2D eigenvalue weighted by Gasteiger charge is 2.24. The molecule has 1 unspecified atom stereocenters. The van der Waals surface area contributed by atoms with Crippen molar-refractivity contribution in [2.24, 2.45) is 0 Å². The standard InChI is InChI=1S/C13H11Br2F2NS/c1-2-18-13(8-5-19-6-9(8)15)12-10(16)3-7(14)4-11(12)17/h3-6,13,18H,2H2,1H3. The van der Waals surface area contributed by atoms with Crippen LogP contribution in [0.4, 0.5) is 8.78 Å². The molecule has 19 heavy (non-hydrogen) atoms. The fourth-order valence-corrected chi connectivity index (χ4v) is 3.85. The topological polar surface area (TPSA) is 12.0 Å². The average Bonchev–Trinajstić information content (AvgIpc) is 2.73. The first kappa shape index (κ1) is 15.1. The number of benzene rings is 1. The van der Waals surface area contributed by atoms with Crippen LogP contribution >= 0.6 is 43.2 Å². The lowest BCUT2D eigenvalue weighted by molar-refractivity contribution is 0.509. The van der Waals surface area contributed by atoms with Crippen molar-refractivity contribution in [1.82, 2.24) is 5.32 Å². The van der Waals surface area contributed by atoms with Crippen molar-refractivity contribution in [2.45, 2.75) is 13.0 Å². The summed E-state index contributed by atoms with van der Waals surface area (Å²) in [5.74, 6) is -1.12. The van der Waals surface area contributed by atoms with Crippen LogP contribution in [-0.2, 0) is 0 Å². The summed E-state index contributed by atoms with van der Waals surface area (Å²) in [4.78, 5) is 0. The first-order valence-corrected chi connectivity index (χ1v) is 8.16. The monoisotopic (exact) mass is 409 g/mol. The van der Waals surface area contributed by atoms with Crippen LogP contribution in [0.15, 0.2) is 31.8 Å². The molecular weight excluding hydrogens is 400 g/mol. The minimum Gasteiger partial charge on any atom is -0.306 e. The molecule has 1 aromatic heterocycles. The van der Waals surface area contributed by atoms with Crippen molar-refractivity contribution in [3.8, 4) is 0 Å². The Hall–Kier alpha value is -0.300. The van der Waals surface area contributed by atoms with Crippen LogP contribution in [0.5, 0.6) is 0 Å². The highest BCUT2D eigenvalue weighted by Crippen LogP contribution is 2.34. The van der Waals surface area contributed by atoms with Gasteiger partial charge in [-0.2, -0.15) is 11.3 Å². The van der Waals surface area contributed by atoms with Crippen molar-refractivity contribution in [2.75, 3.05) is 6.54 Å². The fourth-order valence-electron chi connectivity index (χ4n) is 1.90. The normalized spacial score (nSPS) is 12.7. The molecule has 1 atom stereocenters. The summed E-state index contributed by atoms with van der Waals surface area (Å²) in [7, 11) is 0. The van der Waals surface area contributed by atoms with E-state index < -0.39 is 17.7 Å². The number of nitrogens with one attached hydrogen (secondary N) is 1. The second-order valence-corrected chi connectivity index (χ2v) is 6.46. The average molecular weight is 411 g/mol. The van der Waals surface area contributed by atoms with Crippen LogP contribution in [0, 0.1) is 11.6 Å². The second-order valence-electron chi connectivity index (χ2n) is 3.95. The van der Waals surface area contributed by atoms with E-state index >= 15 is 0 Å². The summed E-state index contributed by atoms with van der Waals surface area (Å²) in [6, 6.07) is 2.06. The van der Waals surface area contributed by atoms with Gasteiger partial charge in [0.2, 0.25) is 0 Å². The zero-order chi connectivity index (χ0) is 14.0. The molecule has 102 valence electrons. The first-order valence-electron chi connectivity index (χ1n) is 5.64. The van der Waals surface area contributed by atoms with Gasteiger partial charge in [-0.25, -0.2) is 8.78 Å². The molecule has 0 bridgehead atoms. The zero-order valence-electron chi connectivity index (χ0n) is 10.0. The van der Waals surface area contributed by atoms with Crippen LogP contribution in [0.2, 0.25) is 0 Å². The van der Waals surface area contributed by atoms with E-state index in [2.05, 4.69) is 37.2 Å². The summed E-state index contributed by atoms with van der Waals surface area (Å²) in [5.41, 5.74) is 0.885. The molecule has 0 saturated heterocycles. The third-order valence-corrected chi connectivity index (χ3v) is 4.90. The van der Waals surface area contributed by atoms with E-state index in [1.807, 2.05) is 17.7 Å². The molecular formula is C13H11Br2F2NS. The van der Waals surface area contributed by atoms with E-state index in [-0.39, 0.29) is 5.56 Å². The summed E-state index contributed by atoms with van der Waals surface area (Å²) < 4.78 is 29.4. The van der Waals surface area contributed by atoms with Gasteiger partial charge in [0.05, 0.1) is 6.04 Å². The lowest BCUT2D eigenvalue weighted by atomic mass is 10.00. The van der Waals surface area contributed by atoms with Crippen molar-refractivity contribution in [3.05, 3.63) is 54.6 Å². The first-order chi connectivity index (χ1) is 9.04. The predicted molar refractivity (Wildman–Crippen MR) is 81.6 cm³/mol. The zero-order valence-corrected chi connectivity index (χ0v) is 14.0. The molecule has 0 aliphatic carbocycles. The second kappa shape index (κ2) is 6.43. The van der Waals surface area contributed by atoms with E-state index in [1.165, 1.54) is 23.5 Å². The summed E-state index contributed by atoms with van der Waals surface area (Å²) >= 11 is 7.99. The van der Waals surface area contributed by atoms with Gasteiger partial charge in [-0.05, 0) is 45.6 Å². The molecule has 1 nitrogen and oxygen atoms in total. The quantitative estimate of drug-likeness (QED) is 0.725. The van der Waals surface area contributed by atoms with E-state index in [0.717, 1.165) is 10.0 Å². The lowest BCUT2D eigenvalue weighted by Crippen LogP contribution is -2.24. The summed E-state index contributed by atoms with van der Waals surface area (Å²) in [5, 5.41) is 6.91. The molecule has 0 aliphatic heterocycles. The molecule has 0 amide bonds. The van der Waals surface area contributed by atoms with Crippen LogP contribution in [0.3, 0.4) is 0 Å². The number of hydrogen-bond donors (Lipinski definition) is 1. The Balaban J connectivity index is 2.54. The number of thiophene rings is 1. The molecule has 2 rings (SSSR count). The van der Waals surface area contributed by atoms with Gasteiger partial charge in [-0.1, -0.05) is 22.9 Å². The third kappa shape index (κ3) is 3.24. The molecule has 1 N–H and O–H groups in total. The Morgan fingerprint density at radius 2 is 1.84 bits per heavy atom. The largest absolute Gasteiger partial charge is 0.306 e. The molecule has 6 heteroatoms. The van der Waals surface area contributed by atoms with Crippen LogP contribution in [0.25, 0.3) is 0 Å². The van der Waals surface area contributed by atoms with Gasteiger partial charge in [0.25, 0.3) is 0 Å². The SMILES string of the molecule is CCNC(c1cscc1Br)c1c(F)cc(Br)cc1F. The molecule has 1 aromatic carbocycles. The van der Waals surface area contributed by atoms with Crippen molar-refractivity contribution in [1.29, 1.82) is 0 Å². The molecule has 0 saturated carbocycles. The van der Waals surface area contributed by atoms with Gasteiger partial charge in [0, 0.05) is 19.9 Å².